The summed E-state index contributed by atoms with van der Waals surface area (Å²) in [5, 5.41) is 3.07. The van der Waals surface area contributed by atoms with E-state index in [1.807, 2.05) is 0 Å². The van der Waals surface area contributed by atoms with Crippen LogP contribution in [-0.2, 0) is 6.18 Å². The van der Waals surface area contributed by atoms with Crippen molar-refractivity contribution in [2.75, 3.05) is 11.9 Å². The number of halogens is 4. The van der Waals surface area contributed by atoms with Crippen LogP contribution in [0.5, 0.6) is 0 Å². The predicted molar refractivity (Wildman–Crippen MR) is 69.3 cm³/mol. The third kappa shape index (κ3) is 3.53. The van der Waals surface area contributed by atoms with Crippen LogP contribution in [0.15, 0.2) is 12.3 Å². The fourth-order valence-electron chi connectivity index (χ4n) is 2.43. The highest BCUT2D eigenvalue weighted by molar-refractivity contribution is 6.32. The van der Waals surface area contributed by atoms with Gasteiger partial charge in [-0.05, 0) is 24.3 Å². The number of alkyl halides is 3. The normalized spacial score (nSPS) is 18.6. The highest BCUT2D eigenvalue weighted by Gasteiger charge is 2.32. The number of pyridine rings is 1. The lowest BCUT2D eigenvalue weighted by molar-refractivity contribution is -0.137. The van der Waals surface area contributed by atoms with Gasteiger partial charge in [0.25, 0.3) is 0 Å². The second-order valence-electron chi connectivity index (χ2n) is 5.42. The van der Waals surface area contributed by atoms with Gasteiger partial charge < -0.3 is 5.32 Å². The maximum absolute atomic E-state index is 12.5. The second-order valence-corrected chi connectivity index (χ2v) is 5.83. The zero-order valence-electron chi connectivity index (χ0n) is 10.6. The minimum absolute atomic E-state index is 0.0106. The molecular weight excluding hydrogens is 277 g/mol. The molecule has 2 rings (SSSR count). The van der Waals surface area contributed by atoms with Gasteiger partial charge in [-0.1, -0.05) is 31.4 Å². The molecule has 0 saturated heterocycles. The van der Waals surface area contributed by atoms with Gasteiger partial charge in [-0.25, -0.2) is 4.98 Å². The first-order chi connectivity index (χ1) is 8.80. The van der Waals surface area contributed by atoms with E-state index >= 15 is 0 Å². The first kappa shape index (κ1) is 14.4. The van der Waals surface area contributed by atoms with Crippen molar-refractivity contribution in [2.45, 2.75) is 38.8 Å². The van der Waals surface area contributed by atoms with Crippen molar-refractivity contribution in [1.29, 1.82) is 0 Å². The van der Waals surface area contributed by atoms with E-state index in [2.05, 4.69) is 17.2 Å². The average Bonchev–Trinajstić information content (AvgIpc) is 2.74. The van der Waals surface area contributed by atoms with E-state index in [4.69, 9.17) is 11.6 Å². The lowest BCUT2D eigenvalue weighted by Crippen LogP contribution is -2.23. The summed E-state index contributed by atoms with van der Waals surface area (Å²) in [4.78, 5) is 3.77. The molecule has 6 heteroatoms. The van der Waals surface area contributed by atoms with Crippen LogP contribution >= 0.6 is 11.6 Å². The van der Waals surface area contributed by atoms with Crippen LogP contribution in [0.4, 0.5) is 19.0 Å². The van der Waals surface area contributed by atoms with E-state index in [1.54, 1.807) is 0 Å². The van der Waals surface area contributed by atoms with E-state index in [0.717, 1.165) is 25.1 Å². The molecule has 1 N–H and O–H groups in total. The van der Waals surface area contributed by atoms with Crippen molar-refractivity contribution < 1.29 is 13.2 Å². The number of aromatic nitrogens is 1. The van der Waals surface area contributed by atoms with Gasteiger partial charge in [-0.15, -0.1) is 0 Å². The molecule has 0 radical (unpaired) electrons. The van der Waals surface area contributed by atoms with E-state index in [1.165, 1.54) is 12.8 Å². The van der Waals surface area contributed by atoms with Crippen LogP contribution < -0.4 is 5.32 Å². The molecule has 106 valence electrons. The molecule has 1 aliphatic rings. The first-order valence-corrected chi connectivity index (χ1v) is 6.65. The Kier molecular flexibility index (Phi) is 3.95. The summed E-state index contributed by atoms with van der Waals surface area (Å²) in [6, 6.07) is 0.911. The zero-order valence-corrected chi connectivity index (χ0v) is 11.4. The number of hydrogen-bond donors (Lipinski definition) is 1. The Bertz CT molecular complexity index is 454. The smallest absolute Gasteiger partial charge is 0.368 e. The fraction of sp³-hybridized carbons (Fsp3) is 0.615. The Morgan fingerprint density at radius 2 is 2.00 bits per heavy atom. The summed E-state index contributed by atoms with van der Waals surface area (Å²) in [6.45, 7) is 2.86. The largest absolute Gasteiger partial charge is 0.417 e. The number of rotatable bonds is 3. The van der Waals surface area contributed by atoms with Gasteiger partial charge in [-0.3, -0.25) is 0 Å². The molecule has 0 amide bonds. The average molecular weight is 293 g/mol. The van der Waals surface area contributed by atoms with Gasteiger partial charge in [0.1, 0.15) is 5.82 Å². The molecule has 1 saturated carbocycles. The first-order valence-electron chi connectivity index (χ1n) is 6.27. The van der Waals surface area contributed by atoms with Crippen molar-refractivity contribution in [3.05, 3.63) is 22.8 Å². The van der Waals surface area contributed by atoms with Crippen LogP contribution in [0.1, 0.15) is 38.2 Å². The monoisotopic (exact) mass is 292 g/mol. The number of nitrogens with one attached hydrogen (secondary N) is 1. The van der Waals surface area contributed by atoms with Crippen LogP contribution in [0, 0.1) is 5.41 Å². The van der Waals surface area contributed by atoms with Crippen molar-refractivity contribution in [1.82, 2.24) is 4.98 Å². The Hall–Kier alpha value is -0.970. The zero-order chi connectivity index (χ0) is 14.1. The molecule has 19 heavy (non-hydrogen) atoms. The molecule has 1 aliphatic carbocycles. The molecule has 1 aromatic heterocycles. The minimum Gasteiger partial charge on any atom is -0.368 e. The molecule has 0 bridgehead atoms. The summed E-state index contributed by atoms with van der Waals surface area (Å²) in [7, 11) is 0. The van der Waals surface area contributed by atoms with Gasteiger partial charge >= 0.3 is 6.18 Å². The van der Waals surface area contributed by atoms with Crippen LogP contribution in [0.25, 0.3) is 0 Å². The molecule has 0 spiro atoms. The molecule has 2 nitrogen and oxygen atoms in total. The molecular formula is C13H16ClF3N2. The maximum atomic E-state index is 12.5. The quantitative estimate of drug-likeness (QED) is 0.870. The highest BCUT2D eigenvalue weighted by atomic mass is 35.5. The molecule has 1 aromatic rings. The molecule has 0 atom stereocenters. The van der Waals surface area contributed by atoms with Gasteiger partial charge in [0.2, 0.25) is 0 Å². The minimum atomic E-state index is -4.41. The Balaban J connectivity index is 2.05. The van der Waals surface area contributed by atoms with Gasteiger partial charge in [0.15, 0.2) is 0 Å². The van der Waals surface area contributed by atoms with Crippen LogP contribution in [-0.4, -0.2) is 11.5 Å². The molecule has 0 aliphatic heterocycles. The predicted octanol–water partition coefficient (Wildman–Crippen LogP) is 4.75. The SMILES string of the molecule is CC1(CNc2ncc(C(F)(F)F)cc2Cl)CCCC1. The number of nitrogens with zero attached hydrogens (tertiary/aromatic N) is 1. The highest BCUT2D eigenvalue weighted by Crippen LogP contribution is 2.38. The maximum Gasteiger partial charge on any atom is 0.417 e. The summed E-state index contributed by atoms with van der Waals surface area (Å²) in [6.07, 6.45) is 1.05. The third-order valence-corrected chi connectivity index (χ3v) is 3.95. The van der Waals surface area contributed by atoms with Crippen molar-refractivity contribution in [3.8, 4) is 0 Å². The standard InChI is InChI=1S/C13H16ClF3N2/c1-12(4-2-3-5-12)8-19-11-10(14)6-9(7-18-11)13(15,16)17/h6-7H,2-5,8H2,1H3,(H,18,19). The number of hydrogen-bond acceptors (Lipinski definition) is 2. The lowest BCUT2D eigenvalue weighted by atomic mass is 9.89. The Morgan fingerprint density at radius 1 is 1.37 bits per heavy atom. The van der Waals surface area contributed by atoms with Crippen LogP contribution in [0.3, 0.4) is 0 Å². The van der Waals surface area contributed by atoms with Crippen molar-refractivity contribution >= 4 is 17.4 Å². The molecule has 0 aromatic carbocycles. The van der Waals surface area contributed by atoms with Crippen LogP contribution in [0.2, 0.25) is 5.02 Å². The van der Waals surface area contributed by atoms with E-state index < -0.39 is 11.7 Å². The lowest BCUT2D eigenvalue weighted by Gasteiger charge is -2.24. The van der Waals surface area contributed by atoms with E-state index in [-0.39, 0.29) is 10.4 Å². The molecule has 1 fully saturated rings. The van der Waals surface area contributed by atoms with Crippen molar-refractivity contribution in [3.63, 3.8) is 0 Å². The van der Waals surface area contributed by atoms with Gasteiger partial charge in [-0.2, -0.15) is 13.2 Å². The fourth-order valence-corrected chi connectivity index (χ4v) is 2.66. The van der Waals surface area contributed by atoms with Gasteiger partial charge in [0, 0.05) is 12.7 Å². The Morgan fingerprint density at radius 3 is 2.53 bits per heavy atom. The van der Waals surface area contributed by atoms with E-state index in [9.17, 15) is 13.2 Å². The molecule has 1 heterocycles. The summed E-state index contributed by atoms with van der Waals surface area (Å²) >= 11 is 5.84. The summed E-state index contributed by atoms with van der Waals surface area (Å²) < 4.78 is 37.4. The third-order valence-electron chi connectivity index (χ3n) is 3.66. The Labute approximate surface area is 115 Å². The van der Waals surface area contributed by atoms with Crippen molar-refractivity contribution in [2.24, 2.45) is 5.41 Å². The molecule has 0 unspecified atom stereocenters. The second kappa shape index (κ2) is 5.19. The topological polar surface area (TPSA) is 24.9 Å². The summed E-state index contributed by atoms with van der Waals surface area (Å²) in [5.41, 5.74) is -0.636. The summed E-state index contributed by atoms with van der Waals surface area (Å²) in [5.74, 6) is 0.322. The number of anilines is 1. The van der Waals surface area contributed by atoms with E-state index in [0.29, 0.717) is 12.4 Å². The van der Waals surface area contributed by atoms with Gasteiger partial charge in [0.05, 0.1) is 10.6 Å².